The topological polar surface area (TPSA) is 89.5 Å². The average Bonchev–Trinajstić information content (AvgIpc) is 1.85. The minimum Gasteiger partial charge on any atom is -0.381 e. The second-order valence-corrected chi connectivity index (χ2v) is 2.10. The minimum atomic E-state index is -1.62. The maximum atomic E-state index is 9.99. The van der Waals surface area contributed by atoms with Crippen molar-refractivity contribution in [1.82, 2.24) is 0 Å². The SMILES string of the molecule is [O]C(O)CCOCCC([O])O. The van der Waals surface area contributed by atoms with Crippen molar-refractivity contribution >= 4 is 0 Å². The van der Waals surface area contributed by atoms with Crippen molar-refractivity contribution in [2.45, 2.75) is 25.4 Å². The third kappa shape index (κ3) is 9.80. The van der Waals surface area contributed by atoms with Crippen LogP contribution in [-0.2, 0) is 14.9 Å². The Morgan fingerprint density at radius 1 is 1.00 bits per heavy atom. The van der Waals surface area contributed by atoms with E-state index in [1.807, 2.05) is 0 Å². The molecule has 0 amide bonds. The highest BCUT2D eigenvalue weighted by molar-refractivity contribution is 4.39. The Kier molecular flexibility index (Phi) is 6.39. The maximum absolute atomic E-state index is 9.99. The van der Waals surface area contributed by atoms with Crippen LogP contribution in [0.1, 0.15) is 12.8 Å². The molecule has 2 radical (unpaired) electrons. The van der Waals surface area contributed by atoms with Crippen LogP contribution in [0.5, 0.6) is 0 Å². The molecule has 0 saturated heterocycles. The zero-order valence-electron chi connectivity index (χ0n) is 6.10. The van der Waals surface area contributed by atoms with Crippen LogP contribution >= 0.6 is 0 Å². The molecule has 0 aliphatic carbocycles. The third-order valence-electron chi connectivity index (χ3n) is 1.02. The molecule has 0 aromatic heterocycles. The van der Waals surface area contributed by atoms with Crippen LogP contribution in [0, 0.1) is 0 Å². The molecule has 0 fully saturated rings. The molecule has 2 unspecified atom stereocenters. The van der Waals surface area contributed by atoms with E-state index in [0.29, 0.717) is 0 Å². The van der Waals surface area contributed by atoms with Crippen LogP contribution in [0.3, 0.4) is 0 Å². The van der Waals surface area contributed by atoms with E-state index < -0.39 is 12.6 Å². The van der Waals surface area contributed by atoms with Crippen molar-refractivity contribution in [2.24, 2.45) is 0 Å². The summed E-state index contributed by atoms with van der Waals surface area (Å²) in [6.07, 6.45) is -3.22. The minimum absolute atomic E-state index is 0.00888. The molecule has 0 aromatic rings. The molecule has 0 saturated carbocycles. The molecule has 0 aliphatic heterocycles. The number of aliphatic hydroxyl groups is 2. The van der Waals surface area contributed by atoms with E-state index in [1.54, 1.807) is 0 Å². The van der Waals surface area contributed by atoms with E-state index in [2.05, 4.69) is 0 Å². The Labute approximate surface area is 64.9 Å². The van der Waals surface area contributed by atoms with Gasteiger partial charge in [-0.3, -0.25) is 0 Å². The van der Waals surface area contributed by atoms with Crippen molar-refractivity contribution < 1.29 is 25.2 Å². The lowest BCUT2D eigenvalue weighted by molar-refractivity contribution is -0.119. The van der Waals surface area contributed by atoms with E-state index in [0.717, 1.165) is 0 Å². The molecule has 0 bridgehead atoms. The van der Waals surface area contributed by atoms with Gasteiger partial charge in [-0.2, -0.15) is 0 Å². The summed E-state index contributed by atoms with van der Waals surface area (Å²) in [4.78, 5) is 0. The zero-order valence-corrected chi connectivity index (χ0v) is 6.10. The largest absolute Gasteiger partial charge is 0.381 e. The van der Waals surface area contributed by atoms with Crippen LogP contribution in [0.4, 0.5) is 0 Å². The summed E-state index contributed by atoms with van der Waals surface area (Å²) in [6.45, 7) is 0.245. The lowest BCUT2D eigenvalue weighted by atomic mass is 10.4. The van der Waals surface area contributed by atoms with E-state index in [4.69, 9.17) is 14.9 Å². The van der Waals surface area contributed by atoms with E-state index in [9.17, 15) is 10.2 Å². The van der Waals surface area contributed by atoms with Gasteiger partial charge in [0.1, 0.15) is 0 Å². The van der Waals surface area contributed by atoms with Crippen LogP contribution in [0.15, 0.2) is 0 Å². The maximum Gasteiger partial charge on any atom is 0.191 e. The van der Waals surface area contributed by atoms with Gasteiger partial charge in [-0.25, -0.2) is 10.2 Å². The number of aliphatic hydroxyl groups excluding tert-OH is 2. The molecule has 0 spiro atoms. The average molecular weight is 164 g/mol. The first kappa shape index (κ1) is 10.8. The van der Waals surface area contributed by atoms with Gasteiger partial charge in [0.2, 0.25) is 0 Å². The van der Waals surface area contributed by atoms with Crippen LogP contribution in [0.25, 0.3) is 0 Å². The molecule has 0 heterocycles. The summed E-state index contributed by atoms with van der Waals surface area (Å²) in [6, 6.07) is 0. The molecule has 0 aliphatic rings. The number of ether oxygens (including phenoxy) is 1. The molecule has 0 rings (SSSR count). The van der Waals surface area contributed by atoms with Gasteiger partial charge < -0.3 is 14.9 Å². The Hall–Kier alpha value is -0.200. The van der Waals surface area contributed by atoms with Gasteiger partial charge in [-0.15, -0.1) is 0 Å². The lowest BCUT2D eigenvalue weighted by Crippen LogP contribution is -2.11. The second kappa shape index (κ2) is 6.51. The monoisotopic (exact) mass is 164 g/mol. The molecule has 66 valence electrons. The van der Waals surface area contributed by atoms with Crippen LogP contribution in [-0.4, -0.2) is 36.0 Å². The first-order chi connectivity index (χ1) is 5.13. The Bertz CT molecular complexity index is 73.0. The van der Waals surface area contributed by atoms with E-state index >= 15 is 0 Å². The zero-order chi connectivity index (χ0) is 8.69. The van der Waals surface area contributed by atoms with Crippen molar-refractivity contribution in [3.63, 3.8) is 0 Å². The standard InChI is InChI=1S/C6H12O5/c7-5(8)1-3-11-4-2-6(9)10/h5-7,9H,1-4H2. The normalized spacial score (nSPS) is 11.5. The Morgan fingerprint density at radius 3 is 1.64 bits per heavy atom. The number of hydrogen-bond donors (Lipinski definition) is 2. The summed E-state index contributed by atoms with van der Waals surface area (Å²) >= 11 is 0. The van der Waals surface area contributed by atoms with E-state index in [1.165, 1.54) is 0 Å². The predicted octanol–water partition coefficient (Wildman–Crippen LogP) is -0.719. The summed E-state index contributed by atoms with van der Waals surface area (Å²) < 4.78 is 4.74. The molecule has 0 aromatic carbocycles. The van der Waals surface area contributed by atoms with Crippen molar-refractivity contribution in [1.29, 1.82) is 0 Å². The highest BCUT2D eigenvalue weighted by atomic mass is 16.5. The molecule has 5 nitrogen and oxygen atoms in total. The molecule has 2 atom stereocenters. The summed E-state index contributed by atoms with van der Waals surface area (Å²) in [7, 11) is 0. The van der Waals surface area contributed by atoms with Crippen molar-refractivity contribution in [2.75, 3.05) is 13.2 Å². The predicted molar refractivity (Wildman–Crippen MR) is 33.4 cm³/mol. The van der Waals surface area contributed by atoms with Crippen molar-refractivity contribution in [3.8, 4) is 0 Å². The smallest absolute Gasteiger partial charge is 0.191 e. The summed E-state index contributed by atoms with van der Waals surface area (Å²) in [5.41, 5.74) is 0. The van der Waals surface area contributed by atoms with Gasteiger partial charge in [-0.05, 0) is 0 Å². The molecule has 11 heavy (non-hydrogen) atoms. The summed E-state index contributed by atoms with van der Waals surface area (Å²) in [5, 5.41) is 36.4. The van der Waals surface area contributed by atoms with Gasteiger partial charge in [0.15, 0.2) is 12.6 Å². The summed E-state index contributed by atoms with van der Waals surface area (Å²) in [5.74, 6) is 0. The lowest BCUT2D eigenvalue weighted by Gasteiger charge is -2.03. The second-order valence-electron chi connectivity index (χ2n) is 2.10. The van der Waals surface area contributed by atoms with Crippen LogP contribution in [0.2, 0.25) is 0 Å². The Morgan fingerprint density at radius 2 is 1.36 bits per heavy atom. The van der Waals surface area contributed by atoms with E-state index in [-0.39, 0.29) is 26.1 Å². The quantitative estimate of drug-likeness (QED) is 0.401. The molecular formula is C6H12O5. The highest BCUT2D eigenvalue weighted by Gasteiger charge is 2.01. The van der Waals surface area contributed by atoms with Gasteiger partial charge in [-0.1, -0.05) is 0 Å². The van der Waals surface area contributed by atoms with Gasteiger partial charge in [0, 0.05) is 12.8 Å². The molecular weight excluding hydrogens is 152 g/mol. The fourth-order valence-electron chi connectivity index (χ4n) is 0.470. The fraction of sp³-hybridized carbons (Fsp3) is 1.00. The third-order valence-corrected chi connectivity index (χ3v) is 1.02. The first-order valence-electron chi connectivity index (χ1n) is 3.38. The van der Waals surface area contributed by atoms with Gasteiger partial charge in [0.05, 0.1) is 13.2 Å². The van der Waals surface area contributed by atoms with Crippen LogP contribution < -0.4 is 0 Å². The van der Waals surface area contributed by atoms with Crippen molar-refractivity contribution in [3.05, 3.63) is 0 Å². The number of rotatable bonds is 6. The Balaban J connectivity index is 2.91. The fourth-order valence-corrected chi connectivity index (χ4v) is 0.470. The molecule has 5 heteroatoms. The first-order valence-corrected chi connectivity index (χ1v) is 3.38. The highest BCUT2D eigenvalue weighted by Crippen LogP contribution is 1.92. The van der Waals surface area contributed by atoms with Gasteiger partial charge in [0.25, 0.3) is 0 Å². The molecule has 2 N–H and O–H groups in total. The number of hydrogen-bond acceptors (Lipinski definition) is 3. The van der Waals surface area contributed by atoms with Gasteiger partial charge >= 0.3 is 0 Å².